The Morgan fingerprint density at radius 1 is 1.44 bits per heavy atom. The van der Waals surface area contributed by atoms with Crippen LogP contribution in [0.3, 0.4) is 0 Å². The minimum Gasteiger partial charge on any atom is -0.384 e. The van der Waals surface area contributed by atoms with E-state index in [0.29, 0.717) is 5.92 Å². The Kier molecular flexibility index (Phi) is 4.24. The molecule has 0 radical (unpaired) electrons. The number of carbonyl (C=O) groups is 1. The van der Waals surface area contributed by atoms with Crippen LogP contribution >= 0.6 is 0 Å². The molecule has 1 aromatic carbocycles. The van der Waals surface area contributed by atoms with Crippen molar-refractivity contribution in [2.75, 3.05) is 18.4 Å². The van der Waals surface area contributed by atoms with Crippen LogP contribution in [0.2, 0.25) is 0 Å². The van der Waals surface area contributed by atoms with E-state index >= 15 is 0 Å². The third-order valence-corrected chi connectivity index (χ3v) is 3.41. The van der Waals surface area contributed by atoms with Gasteiger partial charge in [-0.05, 0) is 30.4 Å². The summed E-state index contributed by atoms with van der Waals surface area (Å²) in [6.45, 7) is 5.87. The molecule has 0 fully saturated rings. The first-order valence-electron chi connectivity index (χ1n) is 6.76. The number of amides is 1. The molecule has 1 aliphatic heterocycles. The van der Waals surface area contributed by atoms with E-state index in [1.807, 2.05) is 12.1 Å². The first-order valence-corrected chi connectivity index (χ1v) is 6.76. The highest BCUT2D eigenvalue weighted by Gasteiger charge is 2.23. The smallest absolute Gasteiger partial charge is 0.225 e. The molecule has 0 saturated carbocycles. The van der Waals surface area contributed by atoms with Gasteiger partial charge in [0.1, 0.15) is 0 Å². The maximum atomic E-state index is 12.0. The molecule has 98 valence electrons. The SMILES string of the molecule is CC(C)CCNC(=O)C1CNc2ccccc2C1. The summed E-state index contributed by atoms with van der Waals surface area (Å²) in [6, 6.07) is 8.21. The van der Waals surface area contributed by atoms with Crippen molar-refractivity contribution in [3.63, 3.8) is 0 Å². The van der Waals surface area contributed by atoms with E-state index in [2.05, 4.69) is 36.6 Å². The molecule has 0 saturated heterocycles. The van der Waals surface area contributed by atoms with Gasteiger partial charge in [-0.1, -0.05) is 32.0 Å². The number of nitrogens with one attached hydrogen (secondary N) is 2. The van der Waals surface area contributed by atoms with Crippen molar-refractivity contribution in [3.05, 3.63) is 29.8 Å². The van der Waals surface area contributed by atoms with Crippen LogP contribution in [0.1, 0.15) is 25.8 Å². The van der Waals surface area contributed by atoms with Gasteiger partial charge in [-0.2, -0.15) is 0 Å². The zero-order chi connectivity index (χ0) is 13.0. The monoisotopic (exact) mass is 246 g/mol. The van der Waals surface area contributed by atoms with Gasteiger partial charge in [-0.15, -0.1) is 0 Å². The average molecular weight is 246 g/mol. The standard InChI is InChI=1S/C15H22N2O/c1-11(2)7-8-16-15(18)13-9-12-5-3-4-6-14(12)17-10-13/h3-6,11,13,17H,7-10H2,1-2H3,(H,16,18). The third kappa shape index (κ3) is 3.25. The Labute approximate surface area is 109 Å². The Hall–Kier alpha value is -1.51. The molecule has 2 rings (SSSR count). The fourth-order valence-electron chi connectivity index (χ4n) is 2.26. The van der Waals surface area contributed by atoms with Crippen LogP contribution in [0.4, 0.5) is 5.69 Å². The van der Waals surface area contributed by atoms with Crippen molar-refractivity contribution in [2.24, 2.45) is 11.8 Å². The van der Waals surface area contributed by atoms with Crippen LogP contribution in [0.25, 0.3) is 0 Å². The first kappa shape index (κ1) is 12.9. The van der Waals surface area contributed by atoms with Crippen molar-refractivity contribution < 1.29 is 4.79 Å². The van der Waals surface area contributed by atoms with Gasteiger partial charge >= 0.3 is 0 Å². The summed E-state index contributed by atoms with van der Waals surface area (Å²) in [5, 5.41) is 6.37. The largest absolute Gasteiger partial charge is 0.384 e. The van der Waals surface area contributed by atoms with E-state index in [0.717, 1.165) is 25.9 Å². The van der Waals surface area contributed by atoms with E-state index in [4.69, 9.17) is 0 Å². The Balaban J connectivity index is 1.87. The van der Waals surface area contributed by atoms with Gasteiger partial charge in [-0.3, -0.25) is 4.79 Å². The molecular weight excluding hydrogens is 224 g/mol. The zero-order valence-electron chi connectivity index (χ0n) is 11.2. The Morgan fingerprint density at radius 3 is 3.00 bits per heavy atom. The highest BCUT2D eigenvalue weighted by molar-refractivity contribution is 5.80. The molecular formula is C15H22N2O. The summed E-state index contributed by atoms with van der Waals surface area (Å²) in [5.41, 5.74) is 2.41. The number of hydrogen-bond acceptors (Lipinski definition) is 2. The predicted molar refractivity (Wildman–Crippen MR) is 74.6 cm³/mol. The molecule has 3 heteroatoms. The normalized spacial score (nSPS) is 18.1. The van der Waals surface area contributed by atoms with Crippen molar-refractivity contribution >= 4 is 11.6 Å². The van der Waals surface area contributed by atoms with Crippen LogP contribution in [0, 0.1) is 11.8 Å². The van der Waals surface area contributed by atoms with E-state index in [9.17, 15) is 4.79 Å². The van der Waals surface area contributed by atoms with Crippen LogP contribution in [-0.4, -0.2) is 19.0 Å². The van der Waals surface area contributed by atoms with Gasteiger partial charge < -0.3 is 10.6 Å². The fourth-order valence-corrected chi connectivity index (χ4v) is 2.26. The summed E-state index contributed by atoms with van der Waals surface area (Å²) >= 11 is 0. The van der Waals surface area contributed by atoms with Crippen LogP contribution < -0.4 is 10.6 Å². The number of hydrogen-bond donors (Lipinski definition) is 2. The fraction of sp³-hybridized carbons (Fsp3) is 0.533. The van der Waals surface area contributed by atoms with E-state index < -0.39 is 0 Å². The lowest BCUT2D eigenvalue weighted by atomic mass is 9.93. The minimum atomic E-state index is 0.0621. The molecule has 0 aromatic heterocycles. The second-order valence-corrected chi connectivity index (χ2v) is 5.41. The van der Waals surface area contributed by atoms with Gasteiger partial charge in [0.2, 0.25) is 5.91 Å². The second kappa shape index (κ2) is 5.89. The lowest BCUT2D eigenvalue weighted by Gasteiger charge is -2.25. The molecule has 3 nitrogen and oxygen atoms in total. The van der Waals surface area contributed by atoms with Gasteiger partial charge in [0.15, 0.2) is 0 Å². The minimum absolute atomic E-state index is 0.0621. The average Bonchev–Trinajstić information content (AvgIpc) is 2.37. The molecule has 18 heavy (non-hydrogen) atoms. The highest BCUT2D eigenvalue weighted by Crippen LogP contribution is 2.24. The molecule has 0 bridgehead atoms. The summed E-state index contributed by atoms with van der Waals surface area (Å²) in [7, 11) is 0. The summed E-state index contributed by atoms with van der Waals surface area (Å²) in [5.74, 6) is 0.875. The molecule has 1 aliphatic rings. The van der Waals surface area contributed by atoms with Gasteiger partial charge in [0.25, 0.3) is 0 Å². The molecule has 1 aromatic rings. The maximum Gasteiger partial charge on any atom is 0.225 e. The molecule has 1 atom stereocenters. The topological polar surface area (TPSA) is 41.1 Å². The molecule has 1 heterocycles. The number of rotatable bonds is 4. The Bertz CT molecular complexity index is 415. The maximum absolute atomic E-state index is 12.0. The second-order valence-electron chi connectivity index (χ2n) is 5.41. The van der Waals surface area contributed by atoms with Crippen LogP contribution in [0.15, 0.2) is 24.3 Å². The Morgan fingerprint density at radius 2 is 2.22 bits per heavy atom. The van der Waals surface area contributed by atoms with Crippen molar-refractivity contribution in [3.8, 4) is 0 Å². The molecule has 2 N–H and O–H groups in total. The quantitative estimate of drug-likeness (QED) is 0.856. The molecule has 0 spiro atoms. The van der Waals surface area contributed by atoms with E-state index in [-0.39, 0.29) is 11.8 Å². The van der Waals surface area contributed by atoms with Crippen molar-refractivity contribution in [1.29, 1.82) is 0 Å². The molecule has 1 unspecified atom stereocenters. The van der Waals surface area contributed by atoms with Crippen LogP contribution in [-0.2, 0) is 11.2 Å². The van der Waals surface area contributed by atoms with E-state index in [1.165, 1.54) is 11.3 Å². The molecule has 0 aliphatic carbocycles. The van der Waals surface area contributed by atoms with Crippen molar-refractivity contribution in [2.45, 2.75) is 26.7 Å². The van der Waals surface area contributed by atoms with Gasteiger partial charge in [0, 0.05) is 18.8 Å². The van der Waals surface area contributed by atoms with Gasteiger partial charge in [0.05, 0.1) is 5.92 Å². The third-order valence-electron chi connectivity index (χ3n) is 3.41. The van der Waals surface area contributed by atoms with Gasteiger partial charge in [-0.25, -0.2) is 0 Å². The lowest BCUT2D eigenvalue weighted by molar-refractivity contribution is -0.124. The summed E-state index contributed by atoms with van der Waals surface area (Å²) in [6.07, 6.45) is 1.89. The number of fused-ring (bicyclic) bond motifs is 1. The lowest BCUT2D eigenvalue weighted by Crippen LogP contribution is -2.38. The predicted octanol–water partition coefficient (Wildman–Crippen LogP) is 2.43. The first-order chi connectivity index (χ1) is 8.66. The summed E-state index contributed by atoms with van der Waals surface area (Å²) in [4.78, 5) is 12.0. The highest BCUT2D eigenvalue weighted by atomic mass is 16.1. The number of benzene rings is 1. The van der Waals surface area contributed by atoms with E-state index in [1.54, 1.807) is 0 Å². The van der Waals surface area contributed by atoms with Crippen LogP contribution in [0.5, 0.6) is 0 Å². The number of anilines is 1. The van der Waals surface area contributed by atoms with Crippen molar-refractivity contribution in [1.82, 2.24) is 5.32 Å². The summed E-state index contributed by atoms with van der Waals surface area (Å²) < 4.78 is 0. The number of para-hydroxylation sites is 1. The number of carbonyl (C=O) groups excluding carboxylic acids is 1. The molecule has 1 amide bonds. The zero-order valence-corrected chi connectivity index (χ0v) is 11.2.